The summed E-state index contributed by atoms with van der Waals surface area (Å²) >= 11 is 12.3. The van der Waals surface area contributed by atoms with Gasteiger partial charge in [-0.3, -0.25) is 15.1 Å². The Morgan fingerprint density at radius 3 is 2.62 bits per heavy atom. The van der Waals surface area contributed by atoms with Crippen LogP contribution < -0.4 is 5.32 Å². The summed E-state index contributed by atoms with van der Waals surface area (Å²) in [5.74, 6) is 0.178. The van der Waals surface area contributed by atoms with Gasteiger partial charge in [0, 0.05) is 30.1 Å². The Labute approximate surface area is 158 Å². The fourth-order valence-corrected chi connectivity index (χ4v) is 2.51. The Morgan fingerprint density at radius 1 is 1.19 bits per heavy atom. The fraction of sp³-hybridized carbons (Fsp3) is 0.0625. The summed E-state index contributed by atoms with van der Waals surface area (Å²) < 4.78 is 0. The number of aromatic nitrogens is 3. The predicted octanol–water partition coefficient (Wildman–Crippen LogP) is 3.98. The molecule has 2 heterocycles. The summed E-state index contributed by atoms with van der Waals surface area (Å²) in [4.78, 5) is 23.0. The Hall–Kier alpha value is -2.81. The van der Waals surface area contributed by atoms with Crippen LogP contribution in [0.4, 0.5) is 17.3 Å². The second-order valence-electron chi connectivity index (χ2n) is 5.12. The van der Waals surface area contributed by atoms with Gasteiger partial charge in [-0.1, -0.05) is 29.3 Å². The molecule has 10 heteroatoms. The highest BCUT2D eigenvalue weighted by molar-refractivity contribution is 6.42. The van der Waals surface area contributed by atoms with Gasteiger partial charge in [-0.2, -0.15) is 4.98 Å². The van der Waals surface area contributed by atoms with Crippen molar-refractivity contribution < 1.29 is 10.4 Å². The molecule has 0 radical (unpaired) electrons. The molecule has 3 rings (SSSR count). The number of nitro benzene ring substituents is 1. The van der Waals surface area contributed by atoms with E-state index in [1.807, 2.05) is 6.92 Å². The van der Waals surface area contributed by atoms with Crippen molar-refractivity contribution in [3.05, 3.63) is 68.6 Å². The van der Waals surface area contributed by atoms with Crippen LogP contribution in [0.25, 0.3) is 11.3 Å². The number of non-ortho nitro benzene ring substituents is 1. The van der Waals surface area contributed by atoms with Gasteiger partial charge in [0.1, 0.15) is 5.02 Å². The minimum atomic E-state index is -0.471. The lowest BCUT2D eigenvalue weighted by Crippen LogP contribution is -2.02. The van der Waals surface area contributed by atoms with Crippen molar-refractivity contribution in [2.24, 2.45) is 0 Å². The lowest BCUT2D eigenvalue weighted by atomic mass is 10.2. The van der Waals surface area contributed by atoms with Crippen molar-refractivity contribution in [2.45, 2.75) is 6.92 Å². The first-order valence-electron chi connectivity index (χ1n) is 7.11. The monoisotopic (exact) mass is 393 g/mol. The van der Waals surface area contributed by atoms with E-state index >= 15 is 0 Å². The molecule has 2 aromatic heterocycles. The Kier molecular flexibility index (Phi) is 6.04. The Bertz CT molecular complexity index is 954. The summed E-state index contributed by atoms with van der Waals surface area (Å²) in [7, 11) is 0. The Balaban J connectivity index is 0.00000243. The minimum Gasteiger partial charge on any atom is -0.412 e. The highest BCUT2D eigenvalue weighted by atomic mass is 35.5. The van der Waals surface area contributed by atoms with Gasteiger partial charge in [0.25, 0.3) is 5.69 Å². The van der Waals surface area contributed by atoms with E-state index in [1.54, 1.807) is 30.6 Å². The summed E-state index contributed by atoms with van der Waals surface area (Å²) in [5.41, 5.74) is 2.35. The van der Waals surface area contributed by atoms with Crippen LogP contribution in [0.2, 0.25) is 10.2 Å². The number of rotatable bonds is 4. The number of hydrogen-bond acceptors (Lipinski definition) is 6. The number of benzene rings is 1. The van der Waals surface area contributed by atoms with Crippen molar-refractivity contribution in [2.75, 3.05) is 5.32 Å². The largest absolute Gasteiger partial charge is 0.412 e. The van der Waals surface area contributed by atoms with Crippen LogP contribution >= 0.6 is 23.2 Å². The molecule has 0 amide bonds. The molecule has 0 fully saturated rings. The molecular weight excluding hydrogens is 381 g/mol. The second kappa shape index (κ2) is 8.05. The highest BCUT2D eigenvalue weighted by Crippen LogP contribution is 2.33. The maximum Gasteiger partial charge on any atom is 0.271 e. The van der Waals surface area contributed by atoms with Gasteiger partial charge in [0.05, 0.1) is 16.3 Å². The summed E-state index contributed by atoms with van der Waals surface area (Å²) in [6.45, 7) is 1.81. The number of nitrogens with one attached hydrogen (secondary N) is 1. The molecule has 26 heavy (non-hydrogen) atoms. The number of nitrogens with zero attached hydrogens (tertiary/aromatic N) is 4. The van der Waals surface area contributed by atoms with Gasteiger partial charge in [-0.05, 0) is 24.6 Å². The van der Waals surface area contributed by atoms with Crippen LogP contribution in [0, 0.1) is 17.0 Å². The molecule has 1 aromatic carbocycles. The molecule has 0 saturated heterocycles. The van der Waals surface area contributed by atoms with Crippen molar-refractivity contribution in [3.8, 4) is 11.3 Å². The number of halogens is 2. The standard InChI is InChI=1S/C16H11Cl2N5O2.H2O/c1-9-4-5-11(23(24)25)7-12(9)20-16-21-14(13(17)15(18)22-16)10-3-2-6-19-8-10;/h2-8H,1H3,(H,20,21,22);1H2. The van der Waals surface area contributed by atoms with Gasteiger partial charge in [-0.25, -0.2) is 4.98 Å². The number of aryl methyl sites for hydroxylation is 1. The zero-order valence-corrected chi connectivity index (χ0v) is 14.9. The molecule has 8 nitrogen and oxygen atoms in total. The topological polar surface area (TPSA) is 125 Å². The highest BCUT2D eigenvalue weighted by Gasteiger charge is 2.15. The van der Waals surface area contributed by atoms with Crippen molar-refractivity contribution >= 4 is 40.5 Å². The number of pyridine rings is 1. The SMILES string of the molecule is Cc1ccc([N+](=O)[O-])cc1Nc1nc(Cl)c(Cl)c(-c2cccnc2)n1.O. The normalized spacial score (nSPS) is 10.1. The van der Waals surface area contributed by atoms with E-state index in [0.717, 1.165) is 5.56 Å². The van der Waals surface area contributed by atoms with E-state index in [9.17, 15) is 10.1 Å². The first kappa shape index (κ1) is 19.5. The Morgan fingerprint density at radius 2 is 1.96 bits per heavy atom. The van der Waals surface area contributed by atoms with E-state index in [4.69, 9.17) is 23.2 Å². The molecule has 0 unspecified atom stereocenters. The molecule has 134 valence electrons. The van der Waals surface area contributed by atoms with Crippen molar-refractivity contribution in [1.29, 1.82) is 0 Å². The maximum absolute atomic E-state index is 11.0. The predicted molar refractivity (Wildman–Crippen MR) is 100 cm³/mol. The molecule has 0 spiro atoms. The summed E-state index contributed by atoms with van der Waals surface area (Å²) in [6.07, 6.45) is 3.23. The molecular formula is C16H13Cl2N5O3. The van der Waals surface area contributed by atoms with Crippen LogP contribution in [-0.4, -0.2) is 25.4 Å². The molecule has 0 aliphatic rings. The molecule has 3 aromatic rings. The van der Waals surface area contributed by atoms with E-state index < -0.39 is 4.92 Å². The zero-order chi connectivity index (χ0) is 18.0. The lowest BCUT2D eigenvalue weighted by molar-refractivity contribution is -0.384. The minimum absolute atomic E-state index is 0. The van der Waals surface area contributed by atoms with Crippen LogP contribution in [0.3, 0.4) is 0 Å². The van der Waals surface area contributed by atoms with Crippen LogP contribution in [0.1, 0.15) is 5.56 Å². The third-order valence-electron chi connectivity index (χ3n) is 3.42. The lowest BCUT2D eigenvalue weighted by Gasteiger charge is -2.11. The van der Waals surface area contributed by atoms with E-state index in [-0.39, 0.29) is 27.3 Å². The van der Waals surface area contributed by atoms with Gasteiger partial charge >= 0.3 is 0 Å². The molecule has 3 N–H and O–H groups in total. The van der Waals surface area contributed by atoms with E-state index in [2.05, 4.69) is 20.3 Å². The van der Waals surface area contributed by atoms with E-state index in [1.165, 1.54) is 12.1 Å². The number of hydrogen-bond donors (Lipinski definition) is 1. The van der Waals surface area contributed by atoms with Crippen LogP contribution in [-0.2, 0) is 0 Å². The maximum atomic E-state index is 11.0. The van der Waals surface area contributed by atoms with Crippen molar-refractivity contribution in [3.63, 3.8) is 0 Å². The summed E-state index contributed by atoms with van der Waals surface area (Å²) in [5, 5.41) is 14.2. The third-order valence-corrected chi connectivity index (χ3v) is 4.15. The fourth-order valence-electron chi connectivity index (χ4n) is 2.15. The van der Waals surface area contributed by atoms with Gasteiger partial charge in [-0.15, -0.1) is 0 Å². The molecule has 0 aliphatic heterocycles. The van der Waals surface area contributed by atoms with Gasteiger partial charge in [0.2, 0.25) is 5.95 Å². The van der Waals surface area contributed by atoms with Crippen LogP contribution in [0.5, 0.6) is 0 Å². The second-order valence-corrected chi connectivity index (χ2v) is 5.86. The molecule has 0 aliphatic carbocycles. The average Bonchev–Trinajstić information content (AvgIpc) is 2.60. The molecule has 0 saturated carbocycles. The van der Waals surface area contributed by atoms with Crippen molar-refractivity contribution in [1.82, 2.24) is 15.0 Å². The summed E-state index contributed by atoms with van der Waals surface area (Å²) in [6, 6.07) is 8.02. The first-order valence-corrected chi connectivity index (χ1v) is 7.87. The average molecular weight is 394 g/mol. The van der Waals surface area contributed by atoms with Gasteiger partial charge in [0.15, 0.2) is 5.15 Å². The first-order chi connectivity index (χ1) is 12.0. The zero-order valence-electron chi connectivity index (χ0n) is 13.4. The smallest absolute Gasteiger partial charge is 0.271 e. The number of nitro groups is 1. The quantitative estimate of drug-likeness (QED) is 0.405. The van der Waals surface area contributed by atoms with E-state index in [0.29, 0.717) is 16.9 Å². The number of anilines is 2. The van der Waals surface area contributed by atoms with Gasteiger partial charge < -0.3 is 10.8 Å². The molecule has 0 bridgehead atoms. The van der Waals surface area contributed by atoms with Crippen LogP contribution in [0.15, 0.2) is 42.7 Å². The third kappa shape index (κ3) is 4.05. The molecule has 0 atom stereocenters.